The third kappa shape index (κ3) is 3.67. The Hall–Kier alpha value is -1.13. The zero-order valence-electron chi connectivity index (χ0n) is 11.0. The molecule has 0 unspecified atom stereocenters. The molecule has 3 N–H and O–H groups in total. The van der Waals surface area contributed by atoms with Crippen molar-refractivity contribution in [1.29, 1.82) is 0 Å². The van der Waals surface area contributed by atoms with Crippen LogP contribution in [0.5, 0.6) is 0 Å². The zero-order valence-corrected chi connectivity index (χ0v) is 11.8. The third-order valence-electron chi connectivity index (χ3n) is 3.76. The molecule has 1 aliphatic carbocycles. The van der Waals surface area contributed by atoms with Gasteiger partial charge in [-0.25, -0.2) is 4.39 Å². The molecule has 1 aromatic rings. The Labute approximate surface area is 119 Å². The lowest BCUT2D eigenvalue weighted by molar-refractivity contribution is -0.120. The molecule has 3 nitrogen and oxygen atoms in total. The minimum absolute atomic E-state index is 0. The Bertz CT molecular complexity index is 453. The van der Waals surface area contributed by atoms with Crippen LogP contribution in [0.2, 0.25) is 0 Å². The molecule has 1 fully saturated rings. The van der Waals surface area contributed by atoms with Crippen molar-refractivity contribution in [3.05, 3.63) is 29.6 Å². The van der Waals surface area contributed by atoms with Crippen LogP contribution in [0, 0.1) is 24.6 Å². The third-order valence-corrected chi connectivity index (χ3v) is 3.76. The Balaban J connectivity index is 0.00000180. The van der Waals surface area contributed by atoms with Gasteiger partial charge in [-0.1, -0.05) is 12.5 Å². The molecule has 0 radical (unpaired) electrons. The average Bonchev–Trinajstić information content (AvgIpc) is 2.82. The maximum atomic E-state index is 13.1. The van der Waals surface area contributed by atoms with Gasteiger partial charge in [-0.15, -0.1) is 12.4 Å². The van der Waals surface area contributed by atoms with Gasteiger partial charge in [-0.3, -0.25) is 4.79 Å². The Kier molecular flexibility index (Phi) is 5.76. The average molecular weight is 287 g/mol. The summed E-state index contributed by atoms with van der Waals surface area (Å²) < 4.78 is 13.1. The minimum Gasteiger partial charge on any atom is -0.330 e. The Morgan fingerprint density at radius 3 is 2.89 bits per heavy atom. The van der Waals surface area contributed by atoms with Crippen LogP contribution in [0.3, 0.4) is 0 Å². The summed E-state index contributed by atoms with van der Waals surface area (Å²) in [7, 11) is 0. The molecule has 1 aromatic carbocycles. The van der Waals surface area contributed by atoms with Crippen LogP contribution in [0.1, 0.15) is 24.8 Å². The predicted octanol–water partition coefficient (Wildman–Crippen LogP) is 2.87. The maximum absolute atomic E-state index is 13.1. The number of hydrogen-bond donors (Lipinski definition) is 2. The number of aryl methyl sites for hydroxylation is 1. The number of nitrogens with two attached hydrogens (primary N) is 1. The van der Waals surface area contributed by atoms with Gasteiger partial charge in [0.2, 0.25) is 5.91 Å². The highest BCUT2D eigenvalue weighted by Crippen LogP contribution is 2.32. The number of nitrogens with one attached hydrogen (secondary N) is 1. The summed E-state index contributed by atoms with van der Waals surface area (Å²) in [6, 6.07) is 4.42. The van der Waals surface area contributed by atoms with E-state index < -0.39 is 0 Å². The SMILES string of the molecule is Cc1ccc(F)cc1NC(=O)[C@@H]1CCC[C@@H]1CN.Cl. The van der Waals surface area contributed by atoms with Crippen molar-refractivity contribution in [2.45, 2.75) is 26.2 Å². The molecule has 2 atom stereocenters. The van der Waals surface area contributed by atoms with Crippen molar-refractivity contribution >= 4 is 24.0 Å². The van der Waals surface area contributed by atoms with Crippen molar-refractivity contribution in [3.63, 3.8) is 0 Å². The van der Waals surface area contributed by atoms with Crippen LogP contribution in [-0.2, 0) is 4.79 Å². The molecule has 19 heavy (non-hydrogen) atoms. The smallest absolute Gasteiger partial charge is 0.227 e. The Morgan fingerprint density at radius 2 is 2.21 bits per heavy atom. The standard InChI is InChI=1S/C14H19FN2O.ClH/c1-9-5-6-11(15)7-13(9)17-14(18)12-4-2-3-10(12)8-16;/h5-7,10,12H,2-4,8,16H2,1H3,(H,17,18);1H/t10-,12-;/m1./s1. The van der Waals surface area contributed by atoms with Gasteiger partial charge < -0.3 is 11.1 Å². The fourth-order valence-corrected chi connectivity index (χ4v) is 2.62. The molecule has 0 aromatic heterocycles. The molecule has 1 amide bonds. The van der Waals surface area contributed by atoms with Gasteiger partial charge in [0.25, 0.3) is 0 Å². The molecule has 106 valence electrons. The quantitative estimate of drug-likeness (QED) is 0.898. The van der Waals surface area contributed by atoms with E-state index in [-0.39, 0.29) is 36.0 Å². The monoisotopic (exact) mass is 286 g/mol. The number of carbonyl (C=O) groups excluding carboxylic acids is 1. The molecular formula is C14H20ClFN2O. The lowest BCUT2D eigenvalue weighted by atomic mass is 9.95. The zero-order chi connectivity index (χ0) is 13.1. The van der Waals surface area contributed by atoms with Crippen LogP contribution in [0.25, 0.3) is 0 Å². The summed E-state index contributed by atoms with van der Waals surface area (Å²) in [4.78, 5) is 12.2. The van der Waals surface area contributed by atoms with Gasteiger partial charge in [-0.2, -0.15) is 0 Å². The van der Waals surface area contributed by atoms with Gasteiger partial charge in [0.05, 0.1) is 0 Å². The minimum atomic E-state index is -0.335. The van der Waals surface area contributed by atoms with Crippen molar-refractivity contribution in [2.75, 3.05) is 11.9 Å². The first kappa shape index (κ1) is 15.9. The first-order valence-corrected chi connectivity index (χ1v) is 6.39. The second kappa shape index (κ2) is 6.87. The summed E-state index contributed by atoms with van der Waals surface area (Å²) in [5.74, 6) is -0.133. The summed E-state index contributed by atoms with van der Waals surface area (Å²) in [5, 5.41) is 2.82. The van der Waals surface area contributed by atoms with E-state index in [0.29, 0.717) is 12.2 Å². The van der Waals surface area contributed by atoms with E-state index in [2.05, 4.69) is 5.32 Å². The number of benzene rings is 1. The lowest BCUT2D eigenvalue weighted by Gasteiger charge is -2.18. The maximum Gasteiger partial charge on any atom is 0.227 e. The molecule has 1 aliphatic rings. The highest BCUT2D eigenvalue weighted by Gasteiger charge is 2.32. The fraction of sp³-hybridized carbons (Fsp3) is 0.500. The number of carbonyl (C=O) groups is 1. The number of amides is 1. The molecule has 5 heteroatoms. The van der Waals surface area contributed by atoms with Crippen LogP contribution in [-0.4, -0.2) is 12.5 Å². The second-order valence-corrected chi connectivity index (χ2v) is 4.98. The van der Waals surface area contributed by atoms with E-state index in [9.17, 15) is 9.18 Å². The topological polar surface area (TPSA) is 55.1 Å². The van der Waals surface area contributed by atoms with Crippen LogP contribution in [0.15, 0.2) is 18.2 Å². The van der Waals surface area contributed by atoms with Gasteiger partial charge in [-0.05, 0) is 49.9 Å². The molecular weight excluding hydrogens is 267 g/mol. The highest BCUT2D eigenvalue weighted by atomic mass is 35.5. The first-order chi connectivity index (χ1) is 8.61. The van der Waals surface area contributed by atoms with Gasteiger partial charge in [0, 0.05) is 11.6 Å². The van der Waals surface area contributed by atoms with E-state index in [0.717, 1.165) is 24.8 Å². The van der Waals surface area contributed by atoms with E-state index in [4.69, 9.17) is 5.73 Å². The van der Waals surface area contributed by atoms with Crippen molar-refractivity contribution in [2.24, 2.45) is 17.6 Å². The van der Waals surface area contributed by atoms with Crippen LogP contribution < -0.4 is 11.1 Å². The molecule has 1 saturated carbocycles. The molecule has 2 rings (SSSR count). The normalized spacial score (nSPS) is 21.8. The summed E-state index contributed by atoms with van der Waals surface area (Å²) in [5.41, 5.74) is 7.10. The lowest BCUT2D eigenvalue weighted by Crippen LogP contribution is -2.30. The van der Waals surface area contributed by atoms with Crippen molar-refractivity contribution in [1.82, 2.24) is 0 Å². The van der Waals surface area contributed by atoms with Gasteiger partial charge >= 0.3 is 0 Å². The van der Waals surface area contributed by atoms with Gasteiger partial charge in [0.1, 0.15) is 5.82 Å². The van der Waals surface area contributed by atoms with Gasteiger partial charge in [0.15, 0.2) is 0 Å². The van der Waals surface area contributed by atoms with Crippen molar-refractivity contribution < 1.29 is 9.18 Å². The summed E-state index contributed by atoms with van der Waals surface area (Å²) in [6.07, 6.45) is 2.93. The van der Waals surface area contributed by atoms with Crippen LogP contribution in [0.4, 0.5) is 10.1 Å². The largest absolute Gasteiger partial charge is 0.330 e. The number of anilines is 1. The summed E-state index contributed by atoms with van der Waals surface area (Å²) >= 11 is 0. The van der Waals surface area contributed by atoms with Crippen molar-refractivity contribution in [3.8, 4) is 0 Å². The molecule has 0 spiro atoms. The van der Waals surface area contributed by atoms with E-state index >= 15 is 0 Å². The molecule has 0 saturated heterocycles. The van der Waals surface area contributed by atoms with E-state index in [1.54, 1.807) is 6.07 Å². The Morgan fingerprint density at radius 1 is 1.47 bits per heavy atom. The predicted molar refractivity (Wildman–Crippen MR) is 76.9 cm³/mol. The van der Waals surface area contributed by atoms with E-state index in [1.165, 1.54) is 12.1 Å². The molecule has 0 aliphatic heterocycles. The second-order valence-electron chi connectivity index (χ2n) is 4.98. The summed E-state index contributed by atoms with van der Waals surface area (Å²) in [6.45, 7) is 2.39. The fourth-order valence-electron chi connectivity index (χ4n) is 2.62. The number of halogens is 2. The first-order valence-electron chi connectivity index (χ1n) is 6.39. The molecule has 0 heterocycles. The highest BCUT2D eigenvalue weighted by molar-refractivity contribution is 5.93. The number of hydrogen-bond acceptors (Lipinski definition) is 2. The van der Waals surface area contributed by atoms with Crippen LogP contribution >= 0.6 is 12.4 Å². The molecule has 0 bridgehead atoms. The van der Waals surface area contributed by atoms with E-state index in [1.807, 2.05) is 6.92 Å². The number of rotatable bonds is 3.